The molecule has 2 heterocycles. The van der Waals surface area contributed by atoms with E-state index in [1.807, 2.05) is 0 Å². The molecule has 0 aliphatic rings. The number of fused-ring (bicyclic) bond motifs is 3. The molecule has 0 unspecified atom stereocenters. The van der Waals surface area contributed by atoms with Crippen LogP contribution in [0, 0.1) is 11.6 Å². The second-order valence-electron chi connectivity index (χ2n) is 5.42. The van der Waals surface area contributed by atoms with Gasteiger partial charge in [-0.3, -0.25) is 0 Å². The molecule has 0 saturated carbocycles. The molecule has 2 N–H and O–H groups in total. The molecule has 0 atom stereocenters. The summed E-state index contributed by atoms with van der Waals surface area (Å²) in [5.41, 5.74) is -0.0413. The highest BCUT2D eigenvalue weighted by atomic mass is 32.2. The molecular formula is C13H12F2N4O4S2. The Labute approximate surface area is 141 Å². The minimum absolute atomic E-state index is 0.0428. The number of sulfone groups is 2. The van der Waals surface area contributed by atoms with Crippen molar-refractivity contribution in [3.8, 4) is 0 Å². The Bertz CT molecular complexity index is 1250. The number of anilines is 1. The van der Waals surface area contributed by atoms with Gasteiger partial charge in [0.2, 0.25) is 15.0 Å². The lowest BCUT2D eigenvalue weighted by atomic mass is 10.1. The Morgan fingerprint density at radius 2 is 1.68 bits per heavy atom. The molecule has 134 valence electrons. The Morgan fingerprint density at radius 1 is 1.04 bits per heavy atom. The average molecular weight is 390 g/mol. The predicted octanol–water partition coefficient (Wildman–Crippen LogP) is 1.24. The van der Waals surface area contributed by atoms with Crippen LogP contribution in [0.25, 0.3) is 21.9 Å². The highest BCUT2D eigenvalue weighted by molar-refractivity contribution is 7.91. The first-order valence-electron chi connectivity index (χ1n) is 6.74. The Morgan fingerprint density at radius 3 is 2.20 bits per heavy atom. The van der Waals surface area contributed by atoms with Crippen molar-refractivity contribution >= 4 is 47.3 Å². The van der Waals surface area contributed by atoms with Crippen LogP contribution in [0.1, 0.15) is 0 Å². The van der Waals surface area contributed by atoms with E-state index in [2.05, 4.69) is 20.3 Å². The van der Waals surface area contributed by atoms with Crippen LogP contribution in [0.3, 0.4) is 0 Å². The van der Waals surface area contributed by atoms with Gasteiger partial charge in [-0.1, -0.05) is 0 Å². The van der Waals surface area contributed by atoms with E-state index in [0.29, 0.717) is 0 Å². The van der Waals surface area contributed by atoms with Crippen molar-refractivity contribution in [3.63, 3.8) is 0 Å². The number of halogens is 2. The molecule has 0 amide bonds. The van der Waals surface area contributed by atoms with Gasteiger partial charge >= 0.3 is 0 Å². The highest BCUT2D eigenvalue weighted by Gasteiger charge is 2.27. The van der Waals surface area contributed by atoms with Crippen LogP contribution >= 0.6 is 0 Å². The van der Waals surface area contributed by atoms with Crippen molar-refractivity contribution in [1.82, 2.24) is 15.0 Å². The number of nitrogens with one attached hydrogen (secondary N) is 2. The molecule has 0 radical (unpaired) electrons. The maximum absolute atomic E-state index is 14.4. The van der Waals surface area contributed by atoms with E-state index in [-0.39, 0.29) is 27.6 Å². The fourth-order valence-corrected chi connectivity index (χ4v) is 3.87. The van der Waals surface area contributed by atoms with Crippen molar-refractivity contribution in [2.75, 3.05) is 24.9 Å². The third kappa shape index (κ3) is 2.70. The number of nitrogens with zero attached hydrogens (tertiary/aromatic N) is 2. The molecule has 2 aromatic heterocycles. The summed E-state index contributed by atoms with van der Waals surface area (Å²) in [6, 6.07) is 0.887. The number of benzene rings is 1. The van der Waals surface area contributed by atoms with Crippen LogP contribution in [0.2, 0.25) is 0 Å². The number of hydrogen-bond donors (Lipinski definition) is 2. The van der Waals surface area contributed by atoms with Crippen LogP contribution < -0.4 is 5.32 Å². The van der Waals surface area contributed by atoms with Gasteiger partial charge in [-0.15, -0.1) is 0 Å². The van der Waals surface area contributed by atoms with Crippen molar-refractivity contribution in [1.29, 1.82) is 0 Å². The zero-order valence-electron chi connectivity index (χ0n) is 13.2. The lowest BCUT2D eigenvalue weighted by molar-refractivity contribution is 0.517. The normalized spacial score (nSPS) is 12.8. The smallest absolute Gasteiger partial charge is 0.250 e. The summed E-state index contributed by atoms with van der Waals surface area (Å²) in [4.78, 5) is 9.98. The standard InChI is InChI=1S/C13H12F2N4O4S2/c1-16-6-4-5(14)9(15)7-8-11(17-10(6)7)18-13(25(3,22)23)19-12(8)24(2,20)21/h4,16H,1-3H3,(H,17,18,19). The Balaban J connectivity index is 2.68. The predicted molar refractivity (Wildman–Crippen MR) is 87.1 cm³/mol. The number of aromatic amines is 1. The number of H-pyrrole nitrogens is 1. The molecule has 0 spiro atoms. The summed E-state index contributed by atoms with van der Waals surface area (Å²) in [7, 11) is -6.55. The third-order valence-electron chi connectivity index (χ3n) is 3.52. The number of hydrogen-bond acceptors (Lipinski definition) is 7. The summed E-state index contributed by atoms with van der Waals surface area (Å²) < 4.78 is 75.9. The molecule has 25 heavy (non-hydrogen) atoms. The highest BCUT2D eigenvalue weighted by Crippen LogP contribution is 2.36. The summed E-state index contributed by atoms with van der Waals surface area (Å²) in [5, 5.41) is 0.530. The summed E-state index contributed by atoms with van der Waals surface area (Å²) in [6.07, 6.45) is 1.60. The van der Waals surface area contributed by atoms with Gasteiger partial charge in [0.05, 0.1) is 22.0 Å². The molecule has 12 heteroatoms. The minimum atomic E-state index is -4.07. The third-order valence-corrected chi connectivity index (χ3v) is 5.36. The second-order valence-corrected chi connectivity index (χ2v) is 9.26. The lowest BCUT2D eigenvalue weighted by Crippen LogP contribution is -2.10. The minimum Gasteiger partial charge on any atom is -0.386 e. The van der Waals surface area contributed by atoms with Crippen LogP contribution in [0.4, 0.5) is 14.5 Å². The van der Waals surface area contributed by atoms with E-state index in [1.165, 1.54) is 7.05 Å². The van der Waals surface area contributed by atoms with Gasteiger partial charge in [0, 0.05) is 25.6 Å². The summed E-state index contributed by atoms with van der Waals surface area (Å²) >= 11 is 0. The van der Waals surface area contributed by atoms with Crippen LogP contribution in [0.5, 0.6) is 0 Å². The molecular weight excluding hydrogens is 378 g/mol. The van der Waals surface area contributed by atoms with E-state index >= 15 is 0 Å². The molecule has 3 rings (SSSR count). The summed E-state index contributed by atoms with van der Waals surface area (Å²) in [5.74, 6) is -2.50. The topological polar surface area (TPSA) is 122 Å². The summed E-state index contributed by atoms with van der Waals surface area (Å²) in [6.45, 7) is 0. The van der Waals surface area contributed by atoms with E-state index in [4.69, 9.17) is 0 Å². The zero-order valence-corrected chi connectivity index (χ0v) is 14.8. The molecule has 0 fully saturated rings. The Hall–Kier alpha value is -2.34. The molecule has 0 aliphatic heterocycles. The lowest BCUT2D eigenvalue weighted by Gasteiger charge is -2.05. The maximum Gasteiger partial charge on any atom is 0.250 e. The number of aromatic nitrogens is 3. The first kappa shape index (κ1) is 17.5. The van der Waals surface area contributed by atoms with Gasteiger partial charge in [0.25, 0.3) is 0 Å². The monoisotopic (exact) mass is 390 g/mol. The van der Waals surface area contributed by atoms with Crippen LogP contribution in [-0.2, 0) is 19.7 Å². The van der Waals surface area contributed by atoms with E-state index in [1.54, 1.807) is 0 Å². The quantitative estimate of drug-likeness (QED) is 0.510. The van der Waals surface area contributed by atoms with Crippen LogP contribution in [-0.4, -0.2) is 51.3 Å². The van der Waals surface area contributed by atoms with E-state index in [0.717, 1.165) is 18.6 Å². The van der Waals surface area contributed by atoms with Crippen molar-refractivity contribution < 1.29 is 25.6 Å². The first-order chi connectivity index (χ1) is 11.4. The average Bonchev–Trinajstić information content (AvgIpc) is 2.87. The van der Waals surface area contributed by atoms with Gasteiger partial charge < -0.3 is 10.3 Å². The first-order valence-corrected chi connectivity index (χ1v) is 10.5. The van der Waals surface area contributed by atoms with Gasteiger partial charge in [-0.05, 0) is 0 Å². The van der Waals surface area contributed by atoms with Gasteiger partial charge in [-0.25, -0.2) is 35.6 Å². The molecule has 3 aromatic rings. The maximum atomic E-state index is 14.4. The molecule has 0 aliphatic carbocycles. The number of rotatable bonds is 3. The molecule has 8 nitrogen and oxygen atoms in total. The van der Waals surface area contributed by atoms with Gasteiger partial charge in [-0.2, -0.15) is 0 Å². The fraction of sp³-hybridized carbons (Fsp3) is 0.231. The Kier molecular flexibility index (Phi) is 3.73. The fourth-order valence-electron chi connectivity index (χ4n) is 2.48. The van der Waals surface area contributed by atoms with Crippen molar-refractivity contribution in [3.05, 3.63) is 17.7 Å². The van der Waals surface area contributed by atoms with Gasteiger partial charge in [0.15, 0.2) is 26.5 Å². The molecule has 0 bridgehead atoms. The van der Waals surface area contributed by atoms with Crippen LogP contribution in [0.15, 0.2) is 16.2 Å². The van der Waals surface area contributed by atoms with E-state index in [9.17, 15) is 25.6 Å². The molecule has 0 saturated heterocycles. The van der Waals surface area contributed by atoms with Crippen molar-refractivity contribution in [2.24, 2.45) is 0 Å². The van der Waals surface area contributed by atoms with E-state index < -0.39 is 41.5 Å². The van der Waals surface area contributed by atoms with Gasteiger partial charge in [0.1, 0.15) is 5.65 Å². The van der Waals surface area contributed by atoms with Crippen molar-refractivity contribution in [2.45, 2.75) is 10.2 Å². The second kappa shape index (κ2) is 5.33. The largest absolute Gasteiger partial charge is 0.386 e. The molecule has 1 aromatic carbocycles. The SMILES string of the molecule is CNc1cc(F)c(F)c2c1[nH]c1nc(S(C)(=O)=O)nc(S(C)(=O)=O)c12. The zero-order chi connectivity index (χ0) is 18.7.